The monoisotopic (exact) mass is 311 g/mol. The molecular formula is C19H25N3O. The van der Waals surface area contributed by atoms with Crippen molar-refractivity contribution in [3.63, 3.8) is 0 Å². The molecule has 0 fully saturated rings. The number of aromatic nitrogens is 2. The molecule has 1 aliphatic rings. The minimum Gasteiger partial charge on any atom is -0.349 e. The lowest BCUT2D eigenvalue weighted by Gasteiger charge is -2.35. The summed E-state index contributed by atoms with van der Waals surface area (Å²) in [6.07, 6.45) is 4.29. The van der Waals surface area contributed by atoms with Gasteiger partial charge in [0, 0.05) is 18.3 Å². The number of aryl methyl sites for hydroxylation is 2. The molecule has 4 heteroatoms. The van der Waals surface area contributed by atoms with Gasteiger partial charge in [0.1, 0.15) is 0 Å². The molecule has 1 aromatic carbocycles. The Morgan fingerprint density at radius 1 is 1.39 bits per heavy atom. The smallest absolute Gasteiger partial charge is 0.224 e. The van der Waals surface area contributed by atoms with Crippen LogP contribution in [0.2, 0.25) is 0 Å². The van der Waals surface area contributed by atoms with Gasteiger partial charge in [-0.1, -0.05) is 38.1 Å². The molecule has 1 amide bonds. The molecule has 1 unspecified atom stereocenters. The number of nitrogens with zero attached hydrogens (tertiary/aromatic N) is 2. The number of carbonyl (C=O) groups is 1. The van der Waals surface area contributed by atoms with E-state index in [0.717, 1.165) is 24.0 Å². The molecule has 1 aliphatic carbocycles. The molecule has 3 rings (SSSR count). The fraction of sp³-hybridized carbons (Fsp3) is 0.474. The summed E-state index contributed by atoms with van der Waals surface area (Å²) in [4.78, 5) is 12.5. The SMILES string of the molecule is Cc1ccccc1CC(=O)NC1CC(C)(C)Cc2c1cnn2C. The Morgan fingerprint density at radius 2 is 2.13 bits per heavy atom. The summed E-state index contributed by atoms with van der Waals surface area (Å²) in [7, 11) is 1.98. The first-order chi connectivity index (χ1) is 10.9. The lowest BCUT2D eigenvalue weighted by atomic mass is 9.74. The average Bonchev–Trinajstić information content (AvgIpc) is 2.82. The van der Waals surface area contributed by atoms with Gasteiger partial charge in [0.15, 0.2) is 0 Å². The van der Waals surface area contributed by atoms with E-state index in [4.69, 9.17) is 0 Å². The summed E-state index contributed by atoms with van der Waals surface area (Å²) in [6.45, 7) is 6.55. The molecular weight excluding hydrogens is 286 g/mol. The van der Waals surface area contributed by atoms with Crippen LogP contribution in [0.4, 0.5) is 0 Å². The van der Waals surface area contributed by atoms with Crippen LogP contribution < -0.4 is 5.32 Å². The van der Waals surface area contributed by atoms with Crippen molar-refractivity contribution in [1.29, 1.82) is 0 Å². The van der Waals surface area contributed by atoms with Gasteiger partial charge in [-0.3, -0.25) is 9.48 Å². The topological polar surface area (TPSA) is 46.9 Å². The van der Waals surface area contributed by atoms with Gasteiger partial charge in [0.25, 0.3) is 0 Å². The Labute approximate surface area is 137 Å². The third-order valence-corrected chi connectivity index (χ3v) is 4.82. The van der Waals surface area contributed by atoms with E-state index in [-0.39, 0.29) is 17.4 Å². The zero-order chi connectivity index (χ0) is 16.6. The second-order valence-corrected chi connectivity index (χ2v) is 7.44. The molecule has 0 bridgehead atoms. The number of rotatable bonds is 3. The summed E-state index contributed by atoms with van der Waals surface area (Å²) in [5.74, 6) is 0.0804. The van der Waals surface area contributed by atoms with E-state index in [1.165, 1.54) is 11.3 Å². The summed E-state index contributed by atoms with van der Waals surface area (Å²) >= 11 is 0. The number of amides is 1. The predicted molar refractivity (Wildman–Crippen MR) is 91.1 cm³/mol. The first-order valence-electron chi connectivity index (χ1n) is 8.20. The Kier molecular flexibility index (Phi) is 4.00. The van der Waals surface area contributed by atoms with Crippen molar-refractivity contribution in [2.45, 2.75) is 46.1 Å². The maximum absolute atomic E-state index is 12.5. The molecule has 1 N–H and O–H groups in total. The minimum atomic E-state index is 0.0546. The van der Waals surface area contributed by atoms with E-state index >= 15 is 0 Å². The van der Waals surface area contributed by atoms with Crippen molar-refractivity contribution in [2.24, 2.45) is 12.5 Å². The summed E-state index contributed by atoms with van der Waals surface area (Å²) in [6, 6.07) is 8.11. The molecule has 0 spiro atoms. The molecule has 1 heterocycles. The molecule has 0 aliphatic heterocycles. The zero-order valence-electron chi connectivity index (χ0n) is 14.4. The van der Waals surface area contributed by atoms with E-state index < -0.39 is 0 Å². The minimum absolute atomic E-state index is 0.0546. The number of carbonyl (C=O) groups excluding carboxylic acids is 1. The van der Waals surface area contributed by atoms with Crippen LogP contribution in [0.25, 0.3) is 0 Å². The van der Waals surface area contributed by atoms with Crippen molar-refractivity contribution in [3.8, 4) is 0 Å². The summed E-state index contributed by atoms with van der Waals surface area (Å²) in [5, 5.41) is 7.61. The van der Waals surface area contributed by atoms with Crippen LogP contribution in [0.5, 0.6) is 0 Å². The summed E-state index contributed by atoms with van der Waals surface area (Å²) in [5.41, 5.74) is 4.83. The summed E-state index contributed by atoms with van der Waals surface area (Å²) < 4.78 is 1.94. The molecule has 0 radical (unpaired) electrons. The van der Waals surface area contributed by atoms with Gasteiger partial charge in [-0.05, 0) is 36.3 Å². The second-order valence-electron chi connectivity index (χ2n) is 7.44. The van der Waals surface area contributed by atoms with E-state index in [1.54, 1.807) is 0 Å². The first kappa shape index (κ1) is 15.8. The fourth-order valence-corrected chi connectivity index (χ4v) is 3.53. The number of nitrogens with one attached hydrogen (secondary N) is 1. The number of fused-ring (bicyclic) bond motifs is 1. The van der Waals surface area contributed by atoms with Crippen molar-refractivity contribution in [1.82, 2.24) is 15.1 Å². The highest BCUT2D eigenvalue weighted by atomic mass is 16.1. The molecule has 1 atom stereocenters. The normalized spacial score (nSPS) is 19.2. The Bertz CT molecular complexity index is 730. The average molecular weight is 311 g/mol. The third kappa shape index (κ3) is 3.31. The maximum Gasteiger partial charge on any atom is 0.224 e. The number of hydrogen-bond acceptors (Lipinski definition) is 2. The number of benzene rings is 1. The largest absolute Gasteiger partial charge is 0.349 e. The van der Waals surface area contributed by atoms with Crippen LogP contribution in [0.3, 0.4) is 0 Å². The van der Waals surface area contributed by atoms with E-state index in [2.05, 4.69) is 24.3 Å². The highest BCUT2D eigenvalue weighted by molar-refractivity contribution is 5.79. The zero-order valence-corrected chi connectivity index (χ0v) is 14.4. The van der Waals surface area contributed by atoms with Crippen molar-refractivity contribution >= 4 is 5.91 Å². The standard InChI is InChI=1S/C19H25N3O/c1-13-7-5-6-8-14(13)9-18(23)21-16-10-19(2,3)11-17-15(16)12-20-22(17)4/h5-8,12,16H,9-11H2,1-4H3,(H,21,23). The van der Waals surface area contributed by atoms with Crippen LogP contribution in [0.15, 0.2) is 30.5 Å². The lowest BCUT2D eigenvalue weighted by Crippen LogP contribution is -2.37. The molecule has 122 valence electrons. The van der Waals surface area contributed by atoms with Crippen molar-refractivity contribution in [2.75, 3.05) is 0 Å². The maximum atomic E-state index is 12.5. The Balaban J connectivity index is 1.77. The quantitative estimate of drug-likeness (QED) is 0.947. The fourth-order valence-electron chi connectivity index (χ4n) is 3.53. The van der Waals surface area contributed by atoms with Gasteiger partial charge >= 0.3 is 0 Å². The lowest BCUT2D eigenvalue weighted by molar-refractivity contribution is -0.121. The van der Waals surface area contributed by atoms with Crippen LogP contribution in [0, 0.1) is 12.3 Å². The highest BCUT2D eigenvalue weighted by Gasteiger charge is 2.35. The third-order valence-electron chi connectivity index (χ3n) is 4.82. The van der Waals surface area contributed by atoms with Gasteiger partial charge < -0.3 is 5.32 Å². The van der Waals surface area contributed by atoms with E-state index in [1.807, 2.05) is 49.1 Å². The van der Waals surface area contributed by atoms with Crippen LogP contribution in [-0.2, 0) is 24.7 Å². The first-order valence-corrected chi connectivity index (χ1v) is 8.20. The molecule has 4 nitrogen and oxygen atoms in total. The molecule has 1 aromatic heterocycles. The number of hydrogen-bond donors (Lipinski definition) is 1. The Hall–Kier alpha value is -2.10. The second kappa shape index (κ2) is 5.84. The van der Waals surface area contributed by atoms with Gasteiger partial charge in [-0.25, -0.2) is 0 Å². The highest BCUT2D eigenvalue weighted by Crippen LogP contribution is 2.40. The Morgan fingerprint density at radius 3 is 2.87 bits per heavy atom. The predicted octanol–water partition coefficient (Wildman–Crippen LogP) is 3.10. The van der Waals surface area contributed by atoms with Gasteiger partial charge in [0.05, 0.1) is 18.7 Å². The van der Waals surface area contributed by atoms with Gasteiger partial charge in [-0.2, -0.15) is 5.10 Å². The van der Waals surface area contributed by atoms with E-state index in [0.29, 0.717) is 6.42 Å². The van der Waals surface area contributed by atoms with E-state index in [9.17, 15) is 4.79 Å². The van der Waals surface area contributed by atoms with Gasteiger partial charge in [-0.15, -0.1) is 0 Å². The van der Waals surface area contributed by atoms with Crippen LogP contribution >= 0.6 is 0 Å². The molecule has 2 aromatic rings. The molecule has 0 saturated carbocycles. The van der Waals surface area contributed by atoms with Crippen molar-refractivity contribution in [3.05, 3.63) is 52.8 Å². The van der Waals surface area contributed by atoms with Crippen LogP contribution in [-0.4, -0.2) is 15.7 Å². The van der Waals surface area contributed by atoms with Gasteiger partial charge in [0.2, 0.25) is 5.91 Å². The van der Waals surface area contributed by atoms with Crippen molar-refractivity contribution < 1.29 is 4.79 Å². The van der Waals surface area contributed by atoms with Crippen LogP contribution in [0.1, 0.15) is 48.7 Å². The molecule has 0 saturated heterocycles. The molecule has 23 heavy (non-hydrogen) atoms.